The second-order valence-electron chi connectivity index (χ2n) is 6.71. The van der Waals surface area contributed by atoms with Crippen molar-refractivity contribution < 1.29 is 23.9 Å². The fourth-order valence-electron chi connectivity index (χ4n) is 2.89. The molecule has 0 saturated carbocycles. The summed E-state index contributed by atoms with van der Waals surface area (Å²) in [7, 11) is 3.81. The Bertz CT molecular complexity index is 1020. The first-order valence-corrected chi connectivity index (χ1v) is 9.28. The summed E-state index contributed by atoms with van der Waals surface area (Å²) in [5, 5.41) is 2.17. The predicted octanol–water partition coefficient (Wildman–Crippen LogP) is 2.60. The monoisotopic (exact) mass is 407 g/mol. The van der Waals surface area contributed by atoms with Crippen molar-refractivity contribution in [3.63, 3.8) is 0 Å². The zero-order valence-electron chi connectivity index (χ0n) is 16.8. The molecule has 8 nitrogen and oxygen atoms in total. The van der Waals surface area contributed by atoms with Crippen molar-refractivity contribution in [1.29, 1.82) is 0 Å². The maximum absolute atomic E-state index is 12.9. The van der Waals surface area contributed by atoms with Gasteiger partial charge in [-0.05, 0) is 55.0 Å². The number of hydrogen-bond acceptors (Lipinski definition) is 6. The van der Waals surface area contributed by atoms with Crippen molar-refractivity contribution in [3.8, 4) is 0 Å². The summed E-state index contributed by atoms with van der Waals surface area (Å²) in [6.07, 6.45) is 1.43. The zero-order valence-corrected chi connectivity index (χ0v) is 16.8. The summed E-state index contributed by atoms with van der Waals surface area (Å²) in [5.74, 6) is -2.01. The summed E-state index contributed by atoms with van der Waals surface area (Å²) in [6.45, 7) is 1.93. The van der Waals surface area contributed by atoms with Gasteiger partial charge in [0.15, 0.2) is 0 Å². The van der Waals surface area contributed by atoms with Crippen molar-refractivity contribution in [2.45, 2.75) is 6.92 Å². The summed E-state index contributed by atoms with van der Waals surface area (Å²) in [4.78, 5) is 52.1. The third kappa shape index (κ3) is 4.22. The van der Waals surface area contributed by atoms with Gasteiger partial charge in [-0.15, -0.1) is 0 Å². The van der Waals surface area contributed by atoms with Crippen LogP contribution in [0.5, 0.6) is 0 Å². The number of hydrogen-bond donors (Lipinski definition) is 1. The highest BCUT2D eigenvalue weighted by atomic mass is 16.5. The number of barbiturate groups is 1. The fourth-order valence-corrected chi connectivity index (χ4v) is 2.89. The topological polar surface area (TPSA) is 96.0 Å². The highest BCUT2D eigenvalue weighted by Gasteiger charge is 2.36. The molecule has 0 spiro atoms. The standard InChI is InChI=1S/C22H21N3O5/c1-4-30-21(28)15-7-11-17(12-8-15)25-20(27)18(19(26)23-22(25)29)13-14-5-9-16(10-6-14)24(2)3/h5-13H,4H2,1-3H3,(H,23,26,29)/b18-13-. The molecule has 1 aliphatic heterocycles. The molecule has 0 unspecified atom stereocenters. The fraction of sp³-hybridized carbons (Fsp3) is 0.182. The van der Waals surface area contributed by atoms with E-state index >= 15 is 0 Å². The molecule has 1 fully saturated rings. The molecule has 1 saturated heterocycles. The molecule has 1 heterocycles. The van der Waals surface area contributed by atoms with Crippen LogP contribution in [0.1, 0.15) is 22.8 Å². The summed E-state index contributed by atoms with van der Waals surface area (Å²) < 4.78 is 4.92. The molecule has 0 radical (unpaired) electrons. The SMILES string of the molecule is CCOC(=O)c1ccc(N2C(=O)NC(=O)/C(=C/c3ccc(N(C)C)cc3)C2=O)cc1. The van der Waals surface area contributed by atoms with E-state index in [9.17, 15) is 19.2 Å². The number of carbonyl (C=O) groups excluding carboxylic acids is 4. The number of esters is 1. The van der Waals surface area contributed by atoms with E-state index < -0.39 is 23.8 Å². The highest BCUT2D eigenvalue weighted by molar-refractivity contribution is 6.39. The van der Waals surface area contributed by atoms with Crippen LogP contribution in [0.15, 0.2) is 54.1 Å². The Labute approximate surface area is 173 Å². The van der Waals surface area contributed by atoms with Crippen LogP contribution in [0.4, 0.5) is 16.2 Å². The summed E-state index contributed by atoms with van der Waals surface area (Å²) in [6, 6.07) is 12.2. The Morgan fingerprint density at radius 3 is 2.23 bits per heavy atom. The Kier molecular flexibility index (Phi) is 5.96. The van der Waals surface area contributed by atoms with Gasteiger partial charge >= 0.3 is 12.0 Å². The molecule has 0 atom stereocenters. The molecule has 154 valence electrons. The van der Waals surface area contributed by atoms with Crippen LogP contribution < -0.4 is 15.1 Å². The van der Waals surface area contributed by atoms with E-state index in [1.165, 1.54) is 30.3 Å². The van der Waals surface area contributed by atoms with Gasteiger partial charge in [0, 0.05) is 19.8 Å². The number of nitrogens with one attached hydrogen (secondary N) is 1. The van der Waals surface area contributed by atoms with E-state index in [1.54, 1.807) is 19.1 Å². The van der Waals surface area contributed by atoms with Gasteiger partial charge in [-0.25, -0.2) is 14.5 Å². The van der Waals surface area contributed by atoms with Crippen LogP contribution in [0, 0.1) is 0 Å². The lowest BCUT2D eigenvalue weighted by Crippen LogP contribution is -2.54. The number of amides is 4. The van der Waals surface area contributed by atoms with Crippen molar-refractivity contribution in [2.24, 2.45) is 0 Å². The smallest absolute Gasteiger partial charge is 0.338 e. The molecule has 0 bridgehead atoms. The molecule has 1 aliphatic rings. The maximum Gasteiger partial charge on any atom is 0.338 e. The summed E-state index contributed by atoms with van der Waals surface area (Å²) >= 11 is 0. The van der Waals surface area contributed by atoms with Gasteiger partial charge in [0.1, 0.15) is 5.57 Å². The lowest BCUT2D eigenvalue weighted by atomic mass is 10.1. The highest BCUT2D eigenvalue weighted by Crippen LogP contribution is 2.23. The minimum atomic E-state index is -0.853. The molecule has 30 heavy (non-hydrogen) atoms. The van der Waals surface area contributed by atoms with E-state index in [0.29, 0.717) is 11.1 Å². The first-order valence-electron chi connectivity index (χ1n) is 9.28. The van der Waals surface area contributed by atoms with Gasteiger partial charge < -0.3 is 9.64 Å². The van der Waals surface area contributed by atoms with Gasteiger partial charge in [0.25, 0.3) is 11.8 Å². The average molecular weight is 407 g/mol. The molecule has 4 amide bonds. The molecule has 8 heteroatoms. The molecule has 0 aliphatic carbocycles. The summed E-state index contributed by atoms with van der Waals surface area (Å²) in [5.41, 5.74) is 1.97. The van der Waals surface area contributed by atoms with Crippen LogP contribution in [-0.4, -0.2) is 44.5 Å². The lowest BCUT2D eigenvalue weighted by Gasteiger charge is -2.26. The molecular formula is C22H21N3O5. The van der Waals surface area contributed by atoms with Crippen LogP contribution in [0.3, 0.4) is 0 Å². The number of benzene rings is 2. The second-order valence-corrected chi connectivity index (χ2v) is 6.71. The quantitative estimate of drug-likeness (QED) is 0.465. The molecule has 0 aromatic heterocycles. The van der Waals surface area contributed by atoms with Gasteiger partial charge in [0.05, 0.1) is 17.9 Å². The Morgan fingerprint density at radius 2 is 1.67 bits per heavy atom. The number of anilines is 2. The lowest BCUT2D eigenvalue weighted by molar-refractivity contribution is -0.122. The van der Waals surface area contributed by atoms with Crippen LogP contribution in [0.2, 0.25) is 0 Å². The Hall–Kier alpha value is -3.94. The zero-order chi connectivity index (χ0) is 21.8. The maximum atomic E-state index is 12.9. The molecule has 3 rings (SSSR count). The van der Waals surface area contributed by atoms with Gasteiger partial charge in [-0.2, -0.15) is 0 Å². The normalized spacial score (nSPS) is 15.2. The van der Waals surface area contributed by atoms with Gasteiger partial charge in [-0.3, -0.25) is 14.9 Å². The van der Waals surface area contributed by atoms with Crippen molar-refractivity contribution in [2.75, 3.05) is 30.5 Å². The number of nitrogens with zero attached hydrogens (tertiary/aromatic N) is 2. The Morgan fingerprint density at radius 1 is 1.03 bits per heavy atom. The number of ether oxygens (including phenoxy) is 1. The third-order valence-corrected chi connectivity index (χ3v) is 4.46. The first kappa shape index (κ1) is 20.8. The number of rotatable bonds is 5. The van der Waals surface area contributed by atoms with Gasteiger partial charge in [0.2, 0.25) is 0 Å². The van der Waals surface area contributed by atoms with Crippen LogP contribution in [0.25, 0.3) is 6.08 Å². The van der Waals surface area contributed by atoms with E-state index in [-0.39, 0.29) is 17.9 Å². The largest absolute Gasteiger partial charge is 0.462 e. The van der Waals surface area contributed by atoms with E-state index in [0.717, 1.165) is 10.6 Å². The van der Waals surface area contributed by atoms with Gasteiger partial charge in [-0.1, -0.05) is 12.1 Å². The number of imide groups is 2. The van der Waals surface area contributed by atoms with Crippen molar-refractivity contribution in [3.05, 3.63) is 65.2 Å². The number of urea groups is 1. The van der Waals surface area contributed by atoms with Crippen LogP contribution >= 0.6 is 0 Å². The molecular weight excluding hydrogens is 386 g/mol. The first-order chi connectivity index (χ1) is 14.3. The van der Waals surface area contributed by atoms with E-state index in [4.69, 9.17) is 4.74 Å². The van der Waals surface area contributed by atoms with Crippen molar-refractivity contribution >= 4 is 41.3 Å². The predicted molar refractivity (Wildman–Crippen MR) is 112 cm³/mol. The molecule has 1 N–H and O–H groups in total. The minimum absolute atomic E-state index is 0.165. The van der Waals surface area contributed by atoms with Crippen LogP contribution in [-0.2, 0) is 14.3 Å². The second kappa shape index (κ2) is 8.60. The average Bonchev–Trinajstić information content (AvgIpc) is 2.72. The molecule has 2 aromatic carbocycles. The molecule has 2 aromatic rings. The van der Waals surface area contributed by atoms with E-state index in [2.05, 4.69) is 5.32 Å². The number of carbonyl (C=O) groups is 4. The van der Waals surface area contributed by atoms with E-state index in [1.807, 2.05) is 31.1 Å². The van der Waals surface area contributed by atoms with Crippen molar-refractivity contribution in [1.82, 2.24) is 5.32 Å². The third-order valence-electron chi connectivity index (χ3n) is 4.46. The Balaban J connectivity index is 1.89. The minimum Gasteiger partial charge on any atom is -0.462 e.